The molecule has 1 aromatic heterocycles. The molecule has 0 spiro atoms. The monoisotopic (exact) mass is 286 g/mol. The molecule has 1 aromatic carbocycles. The lowest BCUT2D eigenvalue weighted by Crippen LogP contribution is -2.19. The number of nitrogens with one attached hydrogen (secondary N) is 1. The van der Waals surface area contributed by atoms with Gasteiger partial charge in [0.05, 0.1) is 5.41 Å². The highest BCUT2D eigenvalue weighted by Crippen LogP contribution is 2.48. The fourth-order valence-corrected chi connectivity index (χ4v) is 2.29. The molecule has 0 atom stereocenters. The van der Waals surface area contributed by atoms with E-state index in [0.29, 0.717) is 24.3 Å². The van der Waals surface area contributed by atoms with Gasteiger partial charge in [0.15, 0.2) is 5.69 Å². The van der Waals surface area contributed by atoms with Crippen molar-refractivity contribution in [1.29, 1.82) is 0 Å². The van der Waals surface area contributed by atoms with Crippen molar-refractivity contribution >= 4 is 17.6 Å². The molecular weight excluding hydrogens is 272 g/mol. The van der Waals surface area contributed by atoms with Crippen molar-refractivity contribution in [3.63, 3.8) is 0 Å². The number of aliphatic carboxylic acids is 1. The van der Waals surface area contributed by atoms with Crippen LogP contribution in [0.2, 0.25) is 0 Å². The highest BCUT2D eigenvalue weighted by atomic mass is 16.5. The third kappa shape index (κ3) is 2.40. The Bertz CT molecular complexity index is 699. The molecule has 0 saturated heterocycles. The van der Waals surface area contributed by atoms with E-state index in [1.165, 1.54) is 0 Å². The first-order valence-corrected chi connectivity index (χ1v) is 6.60. The van der Waals surface area contributed by atoms with E-state index >= 15 is 0 Å². The van der Waals surface area contributed by atoms with E-state index < -0.39 is 11.4 Å². The Morgan fingerprint density at radius 3 is 2.43 bits per heavy atom. The minimum absolute atomic E-state index is 0.209. The van der Waals surface area contributed by atoms with Crippen molar-refractivity contribution in [3.05, 3.63) is 47.3 Å². The molecule has 2 aromatic rings. The molecule has 0 radical (unpaired) electrons. The quantitative estimate of drug-likeness (QED) is 0.900. The number of anilines is 1. The Hall–Kier alpha value is -2.63. The molecule has 1 aliphatic carbocycles. The molecule has 1 saturated carbocycles. The van der Waals surface area contributed by atoms with Gasteiger partial charge in [0, 0.05) is 11.8 Å². The Balaban J connectivity index is 1.73. The smallest absolute Gasteiger partial charge is 0.314 e. The fraction of sp³-hybridized carbons (Fsp3) is 0.267. The number of carboxylic acid groups (broad SMARTS) is 1. The first-order valence-electron chi connectivity index (χ1n) is 6.60. The van der Waals surface area contributed by atoms with Gasteiger partial charge in [-0.2, -0.15) is 0 Å². The largest absolute Gasteiger partial charge is 0.481 e. The number of aromatic nitrogens is 1. The second-order valence-electron chi connectivity index (χ2n) is 5.24. The lowest BCUT2D eigenvalue weighted by Gasteiger charge is -2.11. The summed E-state index contributed by atoms with van der Waals surface area (Å²) >= 11 is 0. The molecule has 1 aliphatic rings. The van der Waals surface area contributed by atoms with Gasteiger partial charge >= 0.3 is 5.97 Å². The maximum atomic E-state index is 11.9. The normalized spacial score (nSPS) is 15.5. The molecule has 0 unspecified atom stereocenters. The van der Waals surface area contributed by atoms with Crippen molar-refractivity contribution in [2.45, 2.75) is 25.2 Å². The molecule has 1 fully saturated rings. The van der Waals surface area contributed by atoms with E-state index in [2.05, 4.69) is 10.5 Å². The van der Waals surface area contributed by atoms with Gasteiger partial charge in [0.1, 0.15) is 5.76 Å². The van der Waals surface area contributed by atoms with Gasteiger partial charge in [-0.1, -0.05) is 17.3 Å². The first kappa shape index (κ1) is 13.4. The van der Waals surface area contributed by atoms with Crippen LogP contribution in [-0.2, 0) is 10.2 Å². The summed E-state index contributed by atoms with van der Waals surface area (Å²) < 4.78 is 4.85. The number of hydrogen-bond acceptors (Lipinski definition) is 4. The van der Waals surface area contributed by atoms with Crippen molar-refractivity contribution in [2.24, 2.45) is 0 Å². The van der Waals surface area contributed by atoms with Crippen LogP contribution in [0.5, 0.6) is 0 Å². The third-order valence-corrected chi connectivity index (χ3v) is 3.72. The molecule has 2 N–H and O–H groups in total. The Morgan fingerprint density at radius 2 is 1.95 bits per heavy atom. The molecule has 1 heterocycles. The van der Waals surface area contributed by atoms with Crippen molar-refractivity contribution < 1.29 is 19.2 Å². The molecule has 3 rings (SSSR count). The molecule has 0 aliphatic heterocycles. The molecular formula is C15H14N2O4. The maximum Gasteiger partial charge on any atom is 0.314 e. The fourth-order valence-electron chi connectivity index (χ4n) is 2.29. The number of hydrogen-bond donors (Lipinski definition) is 2. The van der Waals surface area contributed by atoms with E-state index in [9.17, 15) is 14.7 Å². The van der Waals surface area contributed by atoms with Crippen LogP contribution in [0.4, 0.5) is 5.69 Å². The minimum atomic E-state index is -0.794. The van der Waals surface area contributed by atoms with Gasteiger partial charge in [-0.25, -0.2) is 0 Å². The Labute approximate surface area is 120 Å². The van der Waals surface area contributed by atoms with Gasteiger partial charge in [0.2, 0.25) is 0 Å². The standard InChI is InChI=1S/C15H14N2O4/c1-9-8-12(17-21-9)13(18)16-11-4-2-10(3-5-11)15(6-7-15)14(19)20/h2-5,8H,6-7H2,1H3,(H,16,18)(H,19,20). The van der Waals surface area contributed by atoms with Crippen LogP contribution in [0, 0.1) is 6.92 Å². The summed E-state index contributed by atoms with van der Waals surface area (Å²) in [6.07, 6.45) is 1.32. The van der Waals surface area contributed by atoms with Crippen LogP contribution in [0.3, 0.4) is 0 Å². The van der Waals surface area contributed by atoms with E-state index in [1.54, 1.807) is 37.3 Å². The summed E-state index contributed by atoms with van der Waals surface area (Å²) in [7, 11) is 0. The summed E-state index contributed by atoms with van der Waals surface area (Å²) in [5, 5.41) is 15.6. The van der Waals surface area contributed by atoms with Crippen LogP contribution in [0.1, 0.15) is 34.7 Å². The number of nitrogens with zero attached hydrogens (tertiary/aromatic N) is 1. The van der Waals surface area contributed by atoms with Crippen molar-refractivity contribution in [2.75, 3.05) is 5.32 Å². The number of carbonyl (C=O) groups is 2. The van der Waals surface area contributed by atoms with Gasteiger partial charge < -0.3 is 14.9 Å². The summed E-state index contributed by atoms with van der Waals surface area (Å²) in [5.41, 5.74) is 0.836. The second-order valence-corrected chi connectivity index (χ2v) is 5.24. The zero-order valence-corrected chi connectivity index (χ0v) is 11.4. The number of benzene rings is 1. The number of carbonyl (C=O) groups excluding carboxylic acids is 1. The third-order valence-electron chi connectivity index (χ3n) is 3.72. The van der Waals surface area contributed by atoms with E-state index in [0.717, 1.165) is 5.56 Å². The lowest BCUT2D eigenvalue weighted by molar-refractivity contribution is -0.140. The minimum Gasteiger partial charge on any atom is -0.481 e. The van der Waals surface area contributed by atoms with Gasteiger partial charge in [-0.3, -0.25) is 9.59 Å². The Morgan fingerprint density at radius 1 is 1.29 bits per heavy atom. The zero-order chi connectivity index (χ0) is 15.0. The topological polar surface area (TPSA) is 92.4 Å². The number of rotatable bonds is 4. The number of aryl methyl sites for hydroxylation is 1. The average Bonchev–Trinajstić information content (AvgIpc) is 3.16. The first-order chi connectivity index (χ1) is 10.0. The van der Waals surface area contributed by atoms with Gasteiger partial charge in [-0.15, -0.1) is 0 Å². The summed E-state index contributed by atoms with van der Waals surface area (Å²) in [5.74, 6) is -0.594. The summed E-state index contributed by atoms with van der Waals surface area (Å²) in [4.78, 5) is 23.1. The second kappa shape index (κ2) is 4.73. The SMILES string of the molecule is Cc1cc(C(=O)Nc2ccc(C3(C(=O)O)CC3)cc2)no1. The molecule has 21 heavy (non-hydrogen) atoms. The van der Waals surface area contributed by atoms with E-state index in [-0.39, 0.29) is 11.6 Å². The molecule has 0 bridgehead atoms. The maximum absolute atomic E-state index is 11.9. The molecule has 1 amide bonds. The van der Waals surface area contributed by atoms with Crippen LogP contribution in [0.25, 0.3) is 0 Å². The predicted molar refractivity (Wildman–Crippen MR) is 74.2 cm³/mol. The average molecular weight is 286 g/mol. The lowest BCUT2D eigenvalue weighted by atomic mass is 9.96. The van der Waals surface area contributed by atoms with Crippen LogP contribution in [-0.4, -0.2) is 22.1 Å². The summed E-state index contributed by atoms with van der Waals surface area (Å²) in [6.45, 7) is 1.71. The van der Waals surface area contributed by atoms with Gasteiger partial charge in [0.25, 0.3) is 5.91 Å². The van der Waals surface area contributed by atoms with Crippen LogP contribution in [0.15, 0.2) is 34.9 Å². The van der Waals surface area contributed by atoms with Crippen LogP contribution >= 0.6 is 0 Å². The number of amides is 1. The van der Waals surface area contributed by atoms with Gasteiger partial charge in [-0.05, 0) is 37.5 Å². The molecule has 6 heteroatoms. The number of carboxylic acids is 1. The molecule has 108 valence electrons. The van der Waals surface area contributed by atoms with Crippen molar-refractivity contribution in [3.8, 4) is 0 Å². The highest BCUT2D eigenvalue weighted by Gasteiger charge is 2.51. The van der Waals surface area contributed by atoms with E-state index in [4.69, 9.17) is 4.52 Å². The highest BCUT2D eigenvalue weighted by molar-refractivity contribution is 6.02. The van der Waals surface area contributed by atoms with E-state index in [1.807, 2.05) is 0 Å². The zero-order valence-electron chi connectivity index (χ0n) is 11.4. The van der Waals surface area contributed by atoms with Crippen molar-refractivity contribution in [1.82, 2.24) is 5.16 Å². The van der Waals surface area contributed by atoms with Crippen LogP contribution < -0.4 is 5.32 Å². The predicted octanol–water partition coefficient (Wildman–Crippen LogP) is 2.35. The Kier molecular flexibility index (Phi) is 3.01. The molecule has 6 nitrogen and oxygen atoms in total. The summed E-state index contributed by atoms with van der Waals surface area (Å²) in [6, 6.07) is 8.43.